The lowest BCUT2D eigenvalue weighted by molar-refractivity contribution is 0.457. The minimum Gasteiger partial charge on any atom is -0.424 e. The standard InChI is InChI=1S/C15H14N4O2S/c1-9-3-2-4-11(7-9)14-18-19-15(21-14)22-8-12-16-17-13(20-12)10-5-6-10/h2-4,7,10H,5-6,8H2,1H3. The molecule has 112 valence electrons. The molecule has 0 N–H and O–H groups in total. The van der Waals surface area contributed by atoms with Crippen molar-refractivity contribution in [1.29, 1.82) is 0 Å². The Morgan fingerprint density at radius 2 is 2.05 bits per heavy atom. The normalized spacial score (nSPS) is 14.4. The fourth-order valence-electron chi connectivity index (χ4n) is 2.11. The van der Waals surface area contributed by atoms with Gasteiger partial charge in [0.1, 0.15) is 0 Å². The predicted octanol–water partition coefficient (Wildman–Crippen LogP) is 3.60. The zero-order valence-corrected chi connectivity index (χ0v) is 12.8. The van der Waals surface area contributed by atoms with Crippen molar-refractivity contribution in [2.45, 2.75) is 36.7 Å². The van der Waals surface area contributed by atoms with E-state index >= 15 is 0 Å². The van der Waals surface area contributed by atoms with E-state index in [1.807, 2.05) is 31.2 Å². The molecule has 1 aromatic carbocycles. The van der Waals surface area contributed by atoms with Crippen molar-refractivity contribution in [2.24, 2.45) is 0 Å². The first-order chi connectivity index (χ1) is 10.8. The van der Waals surface area contributed by atoms with E-state index in [4.69, 9.17) is 8.83 Å². The molecule has 0 amide bonds. The van der Waals surface area contributed by atoms with Crippen LogP contribution < -0.4 is 0 Å². The van der Waals surface area contributed by atoms with E-state index in [-0.39, 0.29) is 0 Å². The Hall–Kier alpha value is -2.15. The second kappa shape index (κ2) is 5.57. The summed E-state index contributed by atoms with van der Waals surface area (Å²) in [4.78, 5) is 0. The first-order valence-electron chi connectivity index (χ1n) is 7.13. The highest BCUT2D eigenvalue weighted by Crippen LogP contribution is 2.39. The summed E-state index contributed by atoms with van der Waals surface area (Å²) in [6.07, 6.45) is 2.30. The van der Waals surface area contributed by atoms with Crippen molar-refractivity contribution in [3.05, 3.63) is 41.6 Å². The molecule has 7 heteroatoms. The summed E-state index contributed by atoms with van der Waals surface area (Å²) >= 11 is 1.40. The summed E-state index contributed by atoms with van der Waals surface area (Å²) < 4.78 is 11.3. The molecule has 4 rings (SSSR count). The van der Waals surface area contributed by atoms with Crippen LogP contribution in [0.25, 0.3) is 11.5 Å². The van der Waals surface area contributed by atoms with Gasteiger partial charge in [-0.1, -0.05) is 29.5 Å². The molecule has 1 aliphatic rings. The number of hydrogen-bond donors (Lipinski definition) is 0. The first kappa shape index (κ1) is 13.5. The second-order valence-corrected chi connectivity index (χ2v) is 6.27. The molecule has 1 aliphatic carbocycles. The quantitative estimate of drug-likeness (QED) is 0.666. The van der Waals surface area contributed by atoms with Gasteiger partial charge in [-0.3, -0.25) is 0 Å². The largest absolute Gasteiger partial charge is 0.424 e. The molecule has 0 bridgehead atoms. The number of benzene rings is 1. The number of nitrogens with zero attached hydrogens (tertiary/aromatic N) is 4. The third-order valence-electron chi connectivity index (χ3n) is 3.40. The molecule has 0 atom stereocenters. The monoisotopic (exact) mass is 314 g/mol. The SMILES string of the molecule is Cc1cccc(-c2nnc(SCc3nnc(C4CC4)o3)o2)c1. The minimum atomic E-state index is 0.475. The lowest BCUT2D eigenvalue weighted by atomic mass is 10.1. The molecule has 3 aromatic rings. The van der Waals surface area contributed by atoms with Gasteiger partial charge in [0.25, 0.3) is 5.22 Å². The zero-order valence-electron chi connectivity index (χ0n) is 12.0. The van der Waals surface area contributed by atoms with Crippen molar-refractivity contribution in [3.8, 4) is 11.5 Å². The van der Waals surface area contributed by atoms with Crippen molar-refractivity contribution < 1.29 is 8.83 Å². The van der Waals surface area contributed by atoms with Gasteiger partial charge in [0.05, 0.1) is 5.75 Å². The lowest BCUT2D eigenvalue weighted by Gasteiger charge is -1.95. The van der Waals surface area contributed by atoms with Gasteiger partial charge in [-0.05, 0) is 31.9 Å². The van der Waals surface area contributed by atoms with E-state index in [2.05, 4.69) is 20.4 Å². The molecule has 2 aromatic heterocycles. The molecule has 22 heavy (non-hydrogen) atoms. The number of aryl methyl sites for hydroxylation is 1. The summed E-state index contributed by atoms with van der Waals surface area (Å²) in [5.41, 5.74) is 2.08. The van der Waals surface area contributed by atoms with E-state index in [0.717, 1.165) is 29.9 Å². The molecule has 0 saturated heterocycles. The number of hydrogen-bond acceptors (Lipinski definition) is 7. The summed E-state index contributed by atoms with van der Waals surface area (Å²) in [7, 11) is 0. The highest BCUT2D eigenvalue weighted by molar-refractivity contribution is 7.98. The highest BCUT2D eigenvalue weighted by Gasteiger charge is 2.29. The van der Waals surface area contributed by atoms with Gasteiger partial charge >= 0.3 is 0 Å². The summed E-state index contributed by atoms with van der Waals surface area (Å²) in [5, 5.41) is 16.7. The molecule has 2 heterocycles. The van der Waals surface area contributed by atoms with Gasteiger partial charge in [0.15, 0.2) is 0 Å². The fraction of sp³-hybridized carbons (Fsp3) is 0.333. The third-order valence-corrected chi connectivity index (χ3v) is 4.20. The van der Waals surface area contributed by atoms with Gasteiger partial charge in [-0.2, -0.15) is 0 Å². The molecule has 0 spiro atoms. The first-order valence-corrected chi connectivity index (χ1v) is 8.12. The topological polar surface area (TPSA) is 77.8 Å². The molecule has 6 nitrogen and oxygen atoms in total. The Morgan fingerprint density at radius 3 is 2.86 bits per heavy atom. The molecule has 0 radical (unpaired) electrons. The van der Waals surface area contributed by atoms with Crippen LogP contribution in [0, 0.1) is 6.92 Å². The molecular formula is C15H14N4O2S. The van der Waals surface area contributed by atoms with Gasteiger partial charge in [0, 0.05) is 11.5 Å². The molecule has 1 fully saturated rings. The Balaban J connectivity index is 1.42. The van der Waals surface area contributed by atoms with Crippen LogP contribution in [-0.2, 0) is 5.75 Å². The molecular weight excluding hydrogens is 300 g/mol. The minimum absolute atomic E-state index is 0.475. The van der Waals surface area contributed by atoms with Gasteiger partial charge < -0.3 is 8.83 Å². The highest BCUT2D eigenvalue weighted by atomic mass is 32.2. The van der Waals surface area contributed by atoms with E-state index in [9.17, 15) is 0 Å². The Morgan fingerprint density at radius 1 is 1.14 bits per heavy atom. The third kappa shape index (κ3) is 2.89. The van der Waals surface area contributed by atoms with Crippen LogP contribution in [0.5, 0.6) is 0 Å². The number of thioether (sulfide) groups is 1. The maximum Gasteiger partial charge on any atom is 0.277 e. The molecule has 1 saturated carbocycles. The van der Waals surface area contributed by atoms with Crippen LogP contribution in [0.4, 0.5) is 0 Å². The zero-order chi connectivity index (χ0) is 14.9. The molecule has 0 unspecified atom stereocenters. The Bertz CT molecular complexity index is 794. The van der Waals surface area contributed by atoms with E-state index < -0.39 is 0 Å². The Kier molecular flexibility index (Phi) is 3.42. The maximum atomic E-state index is 5.66. The number of rotatable bonds is 5. The maximum absolute atomic E-state index is 5.66. The summed E-state index contributed by atoms with van der Waals surface area (Å²) in [6.45, 7) is 2.03. The fourth-order valence-corrected chi connectivity index (χ4v) is 2.71. The van der Waals surface area contributed by atoms with Crippen LogP contribution in [0.15, 0.2) is 38.3 Å². The van der Waals surface area contributed by atoms with Crippen LogP contribution in [0.2, 0.25) is 0 Å². The summed E-state index contributed by atoms with van der Waals surface area (Å²) in [5.74, 6) is 2.89. The van der Waals surface area contributed by atoms with Crippen LogP contribution in [0.3, 0.4) is 0 Å². The van der Waals surface area contributed by atoms with Crippen molar-refractivity contribution in [2.75, 3.05) is 0 Å². The van der Waals surface area contributed by atoms with Crippen molar-refractivity contribution in [3.63, 3.8) is 0 Å². The molecule has 0 aliphatic heterocycles. The van der Waals surface area contributed by atoms with Crippen molar-refractivity contribution >= 4 is 11.8 Å². The van der Waals surface area contributed by atoms with Gasteiger partial charge in [0.2, 0.25) is 17.7 Å². The van der Waals surface area contributed by atoms with Crippen LogP contribution >= 0.6 is 11.8 Å². The Labute approximate surface area is 131 Å². The van der Waals surface area contributed by atoms with Crippen LogP contribution in [-0.4, -0.2) is 20.4 Å². The van der Waals surface area contributed by atoms with Gasteiger partial charge in [-0.25, -0.2) is 0 Å². The average Bonchev–Trinajstić information content (AvgIpc) is 3.09. The lowest BCUT2D eigenvalue weighted by Crippen LogP contribution is -1.80. The van der Waals surface area contributed by atoms with E-state index in [1.165, 1.54) is 11.8 Å². The van der Waals surface area contributed by atoms with Gasteiger partial charge in [-0.15, -0.1) is 20.4 Å². The van der Waals surface area contributed by atoms with Crippen LogP contribution in [0.1, 0.15) is 36.1 Å². The second-order valence-electron chi connectivity index (χ2n) is 5.34. The number of aromatic nitrogens is 4. The summed E-state index contributed by atoms with van der Waals surface area (Å²) in [6, 6.07) is 7.97. The predicted molar refractivity (Wildman–Crippen MR) is 80.3 cm³/mol. The van der Waals surface area contributed by atoms with E-state index in [0.29, 0.717) is 28.7 Å². The van der Waals surface area contributed by atoms with Crippen molar-refractivity contribution in [1.82, 2.24) is 20.4 Å². The smallest absolute Gasteiger partial charge is 0.277 e. The van der Waals surface area contributed by atoms with E-state index in [1.54, 1.807) is 0 Å². The average molecular weight is 314 g/mol.